The fourth-order valence-corrected chi connectivity index (χ4v) is 4.41. The summed E-state index contributed by atoms with van der Waals surface area (Å²) in [6.45, 7) is 0. The average Bonchev–Trinajstić information content (AvgIpc) is 3.03. The molecule has 0 unspecified atom stereocenters. The number of primary amides is 1. The van der Waals surface area contributed by atoms with Crippen LogP contribution in [0.4, 0.5) is 0 Å². The van der Waals surface area contributed by atoms with Crippen LogP contribution >= 0.6 is 22.9 Å². The predicted molar refractivity (Wildman–Crippen MR) is 106 cm³/mol. The van der Waals surface area contributed by atoms with Crippen molar-refractivity contribution in [1.29, 1.82) is 0 Å². The maximum Gasteiger partial charge on any atom is 0.259 e. The van der Waals surface area contributed by atoms with Gasteiger partial charge in [0.2, 0.25) is 0 Å². The Hall–Kier alpha value is -2.89. The maximum atomic E-state index is 12.6. The highest BCUT2D eigenvalue weighted by atomic mass is 35.5. The maximum absolute atomic E-state index is 12.6. The summed E-state index contributed by atoms with van der Waals surface area (Å²) in [4.78, 5) is 25.7. The van der Waals surface area contributed by atoms with Gasteiger partial charge in [-0.25, -0.2) is 0 Å². The van der Waals surface area contributed by atoms with E-state index < -0.39 is 5.91 Å². The number of fused-ring (bicyclic) bond motifs is 1. The number of pyridine rings is 1. The Balaban J connectivity index is 2.14. The quantitative estimate of drug-likeness (QED) is 0.569. The third kappa shape index (κ3) is 2.62. The topological polar surface area (TPSA) is 65.1 Å². The lowest BCUT2D eigenvalue weighted by Crippen LogP contribution is -2.16. The second-order valence-corrected chi connectivity index (χ2v) is 7.12. The van der Waals surface area contributed by atoms with Crippen LogP contribution in [0.5, 0.6) is 0 Å². The van der Waals surface area contributed by atoms with Crippen molar-refractivity contribution in [3.05, 3.63) is 87.0 Å². The minimum Gasteiger partial charge on any atom is -0.365 e. The smallest absolute Gasteiger partial charge is 0.259 e. The number of hydrogen-bond acceptors (Lipinski definition) is 3. The number of rotatable bonds is 3. The molecule has 0 saturated carbocycles. The van der Waals surface area contributed by atoms with Crippen LogP contribution < -0.4 is 11.3 Å². The summed E-state index contributed by atoms with van der Waals surface area (Å²) in [5, 5.41) is 1.24. The van der Waals surface area contributed by atoms with Gasteiger partial charge in [0.15, 0.2) is 0 Å². The molecule has 0 aliphatic carbocycles. The number of benzene rings is 2. The first kappa shape index (κ1) is 16.6. The van der Waals surface area contributed by atoms with Crippen LogP contribution in [-0.2, 0) is 0 Å². The zero-order valence-electron chi connectivity index (χ0n) is 13.5. The van der Waals surface area contributed by atoms with Crippen LogP contribution in [0, 0.1) is 0 Å². The van der Waals surface area contributed by atoms with Crippen molar-refractivity contribution in [2.75, 3.05) is 0 Å². The molecular weight excluding hydrogens is 368 g/mol. The number of nitrogens with zero attached hydrogens (tertiary/aromatic N) is 1. The summed E-state index contributed by atoms with van der Waals surface area (Å²) in [6, 6.07) is 19.9. The number of para-hydroxylation sites is 1. The SMILES string of the molecule is NC(=O)c1sc2c(ccc(=O)n2-c2ccccc2Cl)c1-c1ccccc1. The molecule has 0 bridgehead atoms. The number of halogens is 1. The minimum atomic E-state index is -0.525. The average molecular weight is 381 g/mol. The van der Waals surface area contributed by atoms with Gasteiger partial charge in [-0.15, -0.1) is 11.3 Å². The highest BCUT2D eigenvalue weighted by Crippen LogP contribution is 2.39. The molecule has 0 fully saturated rings. The van der Waals surface area contributed by atoms with Gasteiger partial charge in [-0.3, -0.25) is 14.2 Å². The number of thiophene rings is 1. The lowest BCUT2D eigenvalue weighted by atomic mass is 10.0. The van der Waals surface area contributed by atoms with Gasteiger partial charge in [0.05, 0.1) is 10.7 Å². The number of carbonyl (C=O) groups excluding carboxylic acids is 1. The van der Waals surface area contributed by atoms with Gasteiger partial charge in [-0.2, -0.15) is 0 Å². The number of nitrogens with two attached hydrogens (primary N) is 1. The lowest BCUT2D eigenvalue weighted by Gasteiger charge is -2.09. The molecule has 0 aliphatic rings. The molecule has 6 heteroatoms. The number of hydrogen-bond donors (Lipinski definition) is 1. The van der Waals surface area contributed by atoms with E-state index in [9.17, 15) is 9.59 Å². The molecule has 1 amide bonds. The molecule has 4 aromatic rings. The van der Waals surface area contributed by atoms with Crippen molar-refractivity contribution in [1.82, 2.24) is 4.57 Å². The predicted octanol–water partition coefficient (Wildman–Crippen LogP) is 4.47. The van der Waals surface area contributed by atoms with Crippen molar-refractivity contribution in [2.24, 2.45) is 5.73 Å². The van der Waals surface area contributed by atoms with E-state index in [-0.39, 0.29) is 5.56 Å². The van der Waals surface area contributed by atoms with Gasteiger partial charge in [-0.05, 0) is 23.8 Å². The largest absolute Gasteiger partial charge is 0.365 e. The molecule has 2 aromatic heterocycles. The molecule has 0 aliphatic heterocycles. The van der Waals surface area contributed by atoms with Gasteiger partial charge < -0.3 is 5.73 Å². The summed E-state index contributed by atoms with van der Waals surface area (Å²) < 4.78 is 1.53. The molecule has 128 valence electrons. The Morgan fingerprint density at radius 2 is 1.65 bits per heavy atom. The third-order valence-electron chi connectivity index (χ3n) is 4.12. The first-order valence-electron chi connectivity index (χ1n) is 7.86. The van der Waals surface area contributed by atoms with Crippen molar-refractivity contribution in [3.63, 3.8) is 0 Å². The summed E-state index contributed by atoms with van der Waals surface area (Å²) in [5.74, 6) is -0.525. The van der Waals surface area contributed by atoms with E-state index in [4.69, 9.17) is 17.3 Å². The molecule has 0 atom stereocenters. The van der Waals surface area contributed by atoms with Crippen LogP contribution in [0.2, 0.25) is 5.02 Å². The standard InChI is InChI=1S/C20H13ClN2O2S/c21-14-8-4-5-9-15(14)23-16(24)11-10-13-17(12-6-2-1-3-7-12)18(19(22)25)26-20(13)23/h1-11H,(H2,22,25). The van der Waals surface area contributed by atoms with E-state index in [0.29, 0.717) is 20.4 Å². The number of carbonyl (C=O) groups is 1. The molecule has 26 heavy (non-hydrogen) atoms. The Morgan fingerprint density at radius 3 is 2.35 bits per heavy atom. The van der Waals surface area contributed by atoms with Crippen molar-refractivity contribution < 1.29 is 4.79 Å². The highest BCUT2D eigenvalue weighted by molar-refractivity contribution is 7.21. The number of aromatic nitrogens is 1. The zero-order valence-corrected chi connectivity index (χ0v) is 15.1. The highest BCUT2D eigenvalue weighted by Gasteiger charge is 2.21. The summed E-state index contributed by atoms with van der Waals surface area (Å²) >= 11 is 7.51. The van der Waals surface area contributed by atoms with E-state index in [1.54, 1.807) is 24.3 Å². The van der Waals surface area contributed by atoms with Gasteiger partial charge in [0, 0.05) is 17.0 Å². The molecule has 4 nitrogen and oxygen atoms in total. The molecular formula is C20H13ClN2O2S. The fourth-order valence-electron chi connectivity index (χ4n) is 3.01. The first-order valence-corrected chi connectivity index (χ1v) is 9.06. The second-order valence-electron chi connectivity index (χ2n) is 5.71. The van der Waals surface area contributed by atoms with Crippen molar-refractivity contribution in [2.45, 2.75) is 0 Å². The van der Waals surface area contributed by atoms with Gasteiger partial charge in [-0.1, -0.05) is 54.1 Å². The molecule has 2 aromatic carbocycles. The van der Waals surface area contributed by atoms with E-state index in [1.807, 2.05) is 36.4 Å². The third-order valence-corrected chi connectivity index (χ3v) is 5.65. The first-order chi connectivity index (χ1) is 12.6. The van der Waals surface area contributed by atoms with Gasteiger partial charge >= 0.3 is 0 Å². The Kier molecular flexibility index (Phi) is 4.11. The lowest BCUT2D eigenvalue weighted by molar-refractivity contribution is 0.100. The summed E-state index contributed by atoms with van der Waals surface area (Å²) in [5.41, 5.74) is 7.59. The van der Waals surface area contributed by atoms with Gasteiger partial charge in [0.25, 0.3) is 11.5 Å². The molecule has 0 radical (unpaired) electrons. The van der Waals surface area contributed by atoms with Crippen LogP contribution in [0.15, 0.2) is 71.5 Å². The second kappa shape index (κ2) is 6.44. The summed E-state index contributed by atoms with van der Waals surface area (Å²) in [7, 11) is 0. The van der Waals surface area contributed by atoms with Crippen LogP contribution in [0.1, 0.15) is 9.67 Å². The normalized spacial score (nSPS) is 11.0. The minimum absolute atomic E-state index is 0.220. The zero-order chi connectivity index (χ0) is 18.3. The van der Waals surface area contributed by atoms with E-state index in [1.165, 1.54) is 22.0 Å². The molecule has 2 N–H and O–H groups in total. The van der Waals surface area contributed by atoms with Crippen molar-refractivity contribution in [3.8, 4) is 16.8 Å². The Bertz CT molecular complexity index is 1200. The Labute approximate surface area is 158 Å². The molecule has 4 rings (SSSR count). The Morgan fingerprint density at radius 1 is 0.962 bits per heavy atom. The molecule has 0 spiro atoms. The fraction of sp³-hybridized carbons (Fsp3) is 0. The van der Waals surface area contributed by atoms with E-state index in [2.05, 4.69) is 0 Å². The van der Waals surface area contributed by atoms with E-state index >= 15 is 0 Å². The molecule has 0 saturated heterocycles. The summed E-state index contributed by atoms with van der Waals surface area (Å²) in [6.07, 6.45) is 0. The van der Waals surface area contributed by atoms with Gasteiger partial charge in [0.1, 0.15) is 9.71 Å². The molecule has 2 heterocycles. The van der Waals surface area contributed by atoms with Crippen LogP contribution in [-0.4, -0.2) is 10.5 Å². The van der Waals surface area contributed by atoms with Crippen molar-refractivity contribution >= 4 is 39.1 Å². The van der Waals surface area contributed by atoms with E-state index in [0.717, 1.165) is 16.5 Å². The monoisotopic (exact) mass is 380 g/mol. The van der Waals surface area contributed by atoms with Crippen LogP contribution in [0.25, 0.3) is 27.0 Å². The number of amides is 1. The van der Waals surface area contributed by atoms with Crippen LogP contribution in [0.3, 0.4) is 0 Å².